The van der Waals surface area contributed by atoms with Gasteiger partial charge in [-0.2, -0.15) is 0 Å². The SMILES string of the molecule is CC(=O)Nc1cccc(-c2ccc(C(N)=O)c3[nH]c4cc(C(=O)N5CCN(C)CC5)ccc4c23)c1F. The third-order valence-electron chi connectivity index (χ3n) is 6.66. The van der Waals surface area contributed by atoms with Crippen molar-refractivity contribution in [3.63, 3.8) is 0 Å². The summed E-state index contributed by atoms with van der Waals surface area (Å²) in [5.74, 6) is -1.66. The summed E-state index contributed by atoms with van der Waals surface area (Å²) in [6, 6.07) is 13.3. The summed E-state index contributed by atoms with van der Waals surface area (Å²) in [6.07, 6.45) is 0. The number of fused-ring (bicyclic) bond motifs is 3. The fraction of sp³-hybridized carbons (Fsp3) is 0.222. The molecule has 0 aliphatic carbocycles. The monoisotopic (exact) mass is 487 g/mol. The number of piperazine rings is 1. The molecule has 1 saturated heterocycles. The first kappa shape index (κ1) is 23.5. The zero-order valence-corrected chi connectivity index (χ0v) is 20.0. The Hall–Kier alpha value is -4.24. The van der Waals surface area contributed by atoms with E-state index in [0.29, 0.717) is 40.6 Å². The lowest BCUT2D eigenvalue weighted by Crippen LogP contribution is -2.47. The van der Waals surface area contributed by atoms with Gasteiger partial charge in [-0.25, -0.2) is 4.39 Å². The summed E-state index contributed by atoms with van der Waals surface area (Å²) < 4.78 is 15.4. The Labute approximate surface area is 206 Å². The van der Waals surface area contributed by atoms with Gasteiger partial charge in [0.2, 0.25) is 5.91 Å². The summed E-state index contributed by atoms with van der Waals surface area (Å²) in [5.41, 5.74) is 8.39. The van der Waals surface area contributed by atoms with Gasteiger partial charge in [0, 0.05) is 60.5 Å². The summed E-state index contributed by atoms with van der Waals surface area (Å²) in [4.78, 5) is 44.1. The van der Waals surface area contributed by atoms with Gasteiger partial charge in [-0.05, 0) is 36.9 Å². The van der Waals surface area contributed by atoms with Gasteiger partial charge in [0.05, 0.1) is 16.8 Å². The zero-order chi connectivity index (χ0) is 25.6. The molecule has 1 aromatic heterocycles. The second-order valence-corrected chi connectivity index (χ2v) is 9.10. The number of carbonyl (C=O) groups is 3. The molecule has 0 radical (unpaired) electrons. The number of anilines is 1. The normalized spacial score (nSPS) is 14.4. The van der Waals surface area contributed by atoms with Crippen LogP contribution in [0.1, 0.15) is 27.6 Å². The van der Waals surface area contributed by atoms with Crippen molar-refractivity contribution >= 4 is 45.2 Å². The van der Waals surface area contributed by atoms with E-state index in [1.54, 1.807) is 42.5 Å². The smallest absolute Gasteiger partial charge is 0.254 e. The Balaban J connectivity index is 1.67. The molecule has 1 fully saturated rings. The second-order valence-electron chi connectivity index (χ2n) is 9.10. The van der Waals surface area contributed by atoms with Gasteiger partial charge in [0.25, 0.3) is 11.8 Å². The Morgan fingerprint density at radius 2 is 1.75 bits per heavy atom. The second kappa shape index (κ2) is 9.09. The number of hydrogen-bond acceptors (Lipinski definition) is 4. The lowest BCUT2D eigenvalue weighted by Gasteiger charge is -2.32. The predicted molar refractivity (Wildman–Crippen MR) is 137 cm³/mol. The molecular formula is C27H26FN5O3. The molecule has 3 amide bonds. The number of aromatic nitrogens is 1. The molecule has 1 aliphatic rings. The van der Waals surface area contributed by atoms with E-state index in [2.05, 4.69) is 15.2 Å². The molecule has 0 unspecified atom stereocenters. The van der Waals surface area contributed by atoms with Gasteiger partial charge in [0.15, 0.2) is 5.82 Å². The molecule has 3 aromatic carbocycles. The van der Waals surface area contributed by atoms with Crippen molar-refractivity contribution in [2.24, 2.45) is 5.73 Å². The minimum absolute atomic E-state index is 0.0620. The lowest BCUT2D eigenvalue weighted by molar-refractivity contribution is -0.114. The number of carbonyl (C=O) groups excluding carboxylic acids is 3. The highest BCUT2D eigenvalue weighted by atomic mass is 19.1. The molecule has 184 valence electrons. The largest absolute Gasteiger partial charge is 0.366 e. The molecule has 36 heavy (non-hydrogen) atoms. The van der Waals surface area contributed by atoms with Crippen molar-refractivity contribution in [2.75, 3.05) is 38.5 Å². The van der Waals surface area contributed by atoms with Crippen LogP contribution in [0.3, 0.4) is 0 Å². The number of hydrogen-bond donors (Lipinski definition) is 3. The van der Waals surface area contributed by atoms with Crippen LogP contribution in [0, 0.1) is 5.82 Å². The molecule has 1 aliphatic heterocycles. The van der Waals surface area contributed by atoms with E-state index in [0.717, 1.165) is 18.5 Å². The molecule has 4 N–H and O–H groups in total. The molecule has 0 saturated carbocycles. The maximum Gasteiger partial charge on any atom is 0.254 e. The lowest BCUT2D eigenvalue weighted by atomic mass is 9.95. The first-order chi connectivity index (χ1) is 17.2. The molecular weight excluding hydrogens is 461 g/mol. The van der Waals surface area contributed by atoms with E-state index < -0.39 is 11.7 Å². The standard InChI is InChI=1S/C27H26FN5O3/c1-15(34)30-21-5-3-4-18(24(21)28)17-8-9-20(26(29)35)25-23(17)19-7-6-16(14-22(19)31-25)27(36)33-12-10-32(2)11-13-33/h3-9,14,31H,10-13H2,1-2H3,(H2,29,35)(H,30,34). The Bertz CT molecular complexity index is 1540. The number of nitrogens with one attached hydrogen (secondary N) is 2. The number of primary amides is 1. The van der Waals surface area contributed by atoms with Crippen LogP contribution in [-0.4, -0.2) is 65.7 Å². The summed E-state index contributed by atoms with van der Waals surface area (Å²) >= 11 is 0. The van der Waals surface area contributed by atoms with E-state index in [9.17, 15) is 14.4 Å². The van der Waals surface area contributed by atoms with E-state index >= 15 is 4.39 Å². The van der Waals surface area contributed by atoms with Crippen molar-refractivity contribution in [2.45, 2.75) is 6.92 Å². The molecule has 9 heteroatoms. The molecule has 5 rings (SSSR count). The van der Waals surface area contributed by atoms with Crippen LogP contribution >= 0.6 is 0 Å². The first-order valence-corrected chi connectivity index (χ1v) is 11.7. The minimum Gasteiger partial charge on any atom is -0.366 e. The Morgan fingerprint density at radius 1 is 1.00 bits per heavy atom. The number of likely N-dealkylation sites (N-methyl/N-ethyl adjacent to an activating group) is 1. The zero-order valence-electron chi connectivity index (χ0n) is 20.0. The van der Waals surface area contributed by atoms with Crippen molar-refractivity contribution in [3.05, 3.63) is 65.5 Å². The summed E-state index contributed by atoms with van der Waals surface area (Å²) in [7, 11) is 2.03. The van der Waals surface area contributed by atoms with E-state index in [1.165, 1.54) is 13.0 Å². The molecule has 0 atom stereocenters. The van der Waals surface area contributed by atoms with Gasteiger partial charge < -0.3 is 25.8 Å². The molecule has 8 nitrogen and oxygen atoms in total. The predicted octanol–water partition coefficient (Wildman–Crippen LogP) is 3.57. The minimum atomic E-state index is -0.626. The van der Waals surface area contributed by atoms with Crippen LogP contribution in [0.15, 0.2) is 48.5 Å². The number of aromatic amines is 1. The van der Waals surface area contributed by atoms with Crippen LogP contribution < -0.4 is 11.1 Å². The van der Waals surface area contributed by atoms with Crippen molar-refractivity contribution < 1.29 is 18.8 Å². The van der Waals surface area contributed by atoms with Crippen molar-refractivity contribution in [1.29, 1.82) is 0 Å². The fourth-order valence-electron chi connectivity index (χ4n) is 4.79. The summed E-state index contributed by atoms with van der Waals surface area (Å²) in [6.45, 7) is 4.25. The molecule has 0 bridgehead atoms. The topological polar surface area (TPSA) is 112 Å². The van der Waals surface area contributed by atoms with E-state index in [4.69, 9.17) is 5.73 Å². The van der Waals surface area contributed by atoms with Gasteiger partial charge in [-0.15, -0.1) is 0 Å². The fourth-order valence-corrected chi connectivity index (χ4v) is 4.79. The maximum absolute atomic E-state index is 15.4. The highest BCUT2D eigenvalue weighted by Gasteiger charge is 2.23. The van der Waals surface area contributed by atoms with Crippen LogP contribution in [0.25, 0.3) is 32.9 Å². The van der Waals surface area contributed by atoms with Crippen LogP contribution in [0.4, 0.5) is 10.1 Å². The third kappa shape index (κ3) is 4.07. The quantitative estimate of drug-likeness (QED) is 0.409. The maximum atomic E-state index is 15.4. The number of nitrogens with zero attached hydrogens (tertiary/aromatic N) is 2. The third-order valence-corrected chi connectivity index (χ3v) is 6.66. The van der Waals surface area contributed by atoms with Crippen LogP contribution in [0.2, 0.25) is 0 Å². The van der Waals surface area contributed by atoms with E-state index in [-0.39, 0.29) is 28.6 Å². The number of amides is 3. The van der Waals surface area contributed by atoms with E-state index in [1.807, 2.05) is 11.9 Å². The van der Waals surface area contributed by atoms with Crippen LogP contribution in [0.5, 0.6) is 0 Å². The molecule has 0 spiro atoms. The van der Waals surface area contributed by atoms with Crippen molar-refractivity contribution in [1.82, 2.24) is 14.8 Å². The number of nitrogens with two attached hydrogens (primary N) is 1. The van der Waals surface area contributed by atoms with Gasteiger partial charge in [0.1, 0.15) is 0 Å². The average molecular weight is 488 g/mol. The molecule has 4 aromatic rings. The summed E-state index contributed by atoms with van der Waals surface area (Å²) in [5, 5.41) is 3.84. The van der Waals surface area contributed by atoms with Crippen molar-refractivity contribution in [3.8, 4) is 11.1 Å². The average Bonchev–Trinajstić information content (AvgIpc) is 3.23. The Kier molecular flexibility index (Phi) is 5.93. The van der Waals surface area contributed by atoms with Gasteiger partial charge in [-0.1, -0.05) is 24.3 Å². The van der Waals surface area contributed by atoms with Crippen LogP contribution in [-0.2, 0) is 4.79 Å². The number of halogens is 1. The molecule has 2 heterocycles. The number of H-pyrrole nitrogens is 1. The Morgan fingerprint density at radius 3 is 2.44 bits per heavy atom. The first-order valence-electron chi connectivity index (χ1n) is 11.7. The van der Waals surface area contributed by atoms with Gasteiger partial charge >= 0.3 is 0 Å². The van der Waals surface area contributed by atoms with Gasteiger partial charge in [-0.3, -0.25) is 14.4 Å². The number of benzene rings is 3. The highest BCUT2D eigenvalue weighted by Crippen LogP contribution is 2.39. The number of rotatable bonds is 4. The highest BCUT2D eigenvalue weighted by molar-refractivity contribution is 6.20.